The maximum Gasteiger partial charge on any atom is 0.257 e. The van der Waals surface area contributed by atoms with Gasteiger partial charge < -0.3 is 11.1 Å². The topological polar surface area (TPSA) is 67.2 Å². The highest BCUT2D eigenvalue weighted by molar-refractivity contribution is 7.80. The Bertz CT molecular complexity index is 599. The Kier molecular flexibility index (Phi) is 4.10. The van der Waals surface area contributed by atoms with E-state index in [0.29, 0.717) is 16.9 Å². The van der Waals surface area contributed by atoms with Gasteiger partial charge in [0.25, 0.3) is 5.91 Å². The third kappa shape index (κ3) is 3.53. The van der Waals surface area contributed by atoms with Crippen LogP contribution in [0.1, 0.15) is 10.4 Å². The van der Waals surface area contributed by atoms with Crippen LogP contribution in [0.4, 0.5) is 11.4 Å². The molecule has 0 unspecified atom stereocenters. The van der Waals surface area contributed by atoms with Crippen molar-refractivity contribution < 1.29 is 4.79 Å². The number of thiocarbonyl (C=S) groups is 1. The second-order valence-electron chi connectivity index (χ2n) is 3.86. The van der Waals surface area contributed by atoms with Crippen molar-refractivity contribution in [2.24, 2.45) is 0 Å². The smallest absolute Gasteiger partial charge is 0.257 e. The number of amides is 1. The first kappa shape index (κ1) is 13.0. The van der Waals surface area contributed by atoms with E-state index < -0.39 is 0 Å². The van der Waals surface area contributed by atoms with Gasteiger partial charge in [0.05, 0.1) is 11.4 Å². The molecule has 4 nitrogen and oxygen atoms in total. The SMILES string of the molecule is Nc1ccccc1NC(=S)NC(=O)c1ccccc1. The second kappa shape index (κ2) is 5.97. The predicted molar refractivity (Wildman–Crippen MR) is 81.0 cm³/mol. The van der Waals surface area contributed by atoms with Crippen LogP contribution in [0.25, 0.3) is 0 Å². The Morgan fingerprint density at radius 2 is 1.63 bits per heavy atom. The molecule has 0 atom stereocenters. The lowest BCUT2D eigenvalue weighted by molar-refractivity contribution is 0.0978. The number of nitrogens with one attached hydrogen (secondary N) is 2. The minimum absolute atomic E-state index is 0.215. The van der Waals surface area contributed by atoms with E-state index in [2.05, 4.69) is 10.6 Å². The Balaban J connectivity index is 1.99. The Hall–Kier alpha value is -2.40. The normalized spacial score (nSPS) is 9.68. The predicted octanol–water partition coefficient (Wildman–Crippen LogP) is 2.40. The molecule has 0 saturated carbocycles. The lowest BCUT2D eigenvalue weighted by Gasteiger charge is -2.11. The summed E-state index contributed by atoms with van der Waals surface area (Å²) >= 11 is 5.07. The van der Waals surface area contributed by atoms with E-state index in [-0.39, 0.29) is 11.0 Å². The van der Waals surface area contributed by atoms with Crippen molar-refractivity contribution in [1.82, 2.24) is 5.32 Å². The lowest BCUT2D eigenvalue weighted by Crippen LogP contribution is -2.34. The fourth-order valence-electron chi connectivity index (χ4n) is 1.53. The van der Waals surface area contributed by atoms with Gasteiger partial charge in [-0.2, -0.15) is 0 Å². The first-order valence-corrected chi connectivity index (χ1v) is 6.09. The molecular formula is C14H13N3OS. The fraction of sp³-hybridized carbons (Fsp3) is 0. The molecule has 4 N–H and O–H groups in total. The molecule has 0 heterocycles. The van der Waals surface area contributed by atoms with Crippen molar-refractivity contribution in [3.63, 3.8) is 0 Å². The largest absolute Gasteiger partial charge is 0.397 e. The fourth-order valence-corrected chi connectivity index (χ4v) is 1.73. The van der Waals surface area contributed by atoms with Crippen LogP contribution < -0.4 is 16.4 Å². The van der Waals surface area contributed by atoms with E-state index in [1.165, 1.54) is 0 Å². The molecule has 2 aromatic carbocycles. The highest BCUT2D eigenvalue weighted by Crippen LogP contribution is 2.16. The summed E-state index contributed by atoms with van der Waals surface area (Å²) in [4.78, 5) is 11.9. The maximum absolute atomic E-state index is 11.9. The van der Waals surface area contributed by atoms with Gasteiger partial charge in [0.1, 0.15) is 0 Å². The molecule has 0 aliphatic heterocycles. The van der Waals surface area contributed by atoms with Crippen LogP contribution in [0.2, 0.25) is 0 Å². The molecule has 0 aromatic heterocycles. The summed E-state index contributed by atoms with van der Waals surface area (Å²) in [7, 11) is 0. The molecule has 0 aliphatic rings. The summed E-state index contributed by atoms with van der Waals surface area (Å²) in [5, 5.41) is 5.70. The third-order valence-corrected chi connectivity index (χ3v) is 2.68. The van der Waals surface area contributed by atoms with Crippen LogP contribution in [0.15, 0.2) is 54.6 Å². The van der Waals surface area contributed by atoms with Crippen LogP contribution in [0, 0.1) is 0 Å². The molecule has 0 bridgehead atoms. The van der Waals surface area contributed by atoms with Crippen molar-refractivity contribution in [1.29, 1.82) is 0 Å². The van der Waals surface area contributed by atoms with Gasteiger partial charge >= 0.3 is 0 Å². The van der Waals surface area contributed by atoms with Crippen LogP contribution in [0.3, 0.4) is 0 Å². The van der Waals surface area contributed by atoms with Gasteiger partial charge in [-0.25, -0.2) is 0 Å². The quantitative estimate of drug-likeness (QED) is 0.579. The average molecular weight is 271 g/mol. The molecule has 96 valence electrons. The minimum atomic E-state index is -0.257. The number of rotatable bonds is 2. The Morgan fingerprint density at radius 3 is 2.32 bits per heavy atom. The number of carbonyl (C=O) groups is 1. The number of nitrogen functional groups attached to an aromatic ring is 1. The number of hydrogen-bond donors (Lipinski definition) is 3. The van der Waals surface area contributed by atoms with E-state index in [4.69, 9.17) is 18.0 Å². The van der Waals surface area contributed by atoms with Crippen LogP contribution in [-0.4, -0.2) is 11.0 Å². The highest BCUT2D eigenvalue weighted by Gasteiger charge is 2.07. The van der Waals surface area contributed by atoms with Crippen molar-refractivity contribution in [2.45, 2.75) is 0 Å². The number of benzene rings is 2. The number of anilines is 2. The zero-order valence-electron chi connectivity index (χ0n) is 10.1. The molecule has 19 heavy (non-hydrogen) atoms. The highest BCUT2D eigenvalue weighted by atomic mass is 32.1. The van der Waals surface area contributed by atoms with E-state index >= 15 is 0 Å². The van der Waals surface area contributed by atoms with Crippen LogP contribution >= 0.6 is 12.2 Å². The van der Waals surface area contributed by atoms with Gasteiger partial charge in [-0.3, -0.25) is 10.1 Å². The van der Waals surface area contributed by atoms with Gasteiger partial charge in [0.15, 0.2) is 5.11 Å². The molecule has 1 amide bonds. The number of para-hydroxylation sites is 2. The standard InChI is InChI=1S/C14H13N3OS/c15-11-8-4-5-9-12(11)16-14(19)17-13(18)10-6-2-1-3-7-10/h1-9H,15H2,(H2,16,17,18,19). The molecule has 5 heteroatoms. The first-order chi connectivity index (χ1) is 9.16. The summed E-state index contributed by atoms with van der Waals surface area (Å²) < 4.78 is 0. The average Bonchev–Trinajstić information content (AvgIpc) is 2.42. The summed E-state index contributed by atoms with van der Waals surface area (Å²) in [6.45, 7) is 0. The van der Waals surface area contributed by atoms with Crippen molar-refractivity contribution in [3.05, 3.63) is 60.2 Å². The summed E-state index contributed by atoms with van der Waals surface area (Å²) in [5.74, 6) is -0.257. The first-order valence-electron chi connectivity index (χ1n) is 5.68. The van der Waals surface area contributed by atoms with Gasteiger partial charge in [-0.15, -0.1) is 0 Å². The molecule has 0 radical (unpaired) electrons. The van der Waals surface area contributed by atoms with Gasteiger partial charge in [-0.1, -0.05) is 30.3 Å². The Labute approximate surface area is 116 Å². The van der Waals surface area contributed by atoms with Crippen LogP contribution in [-0.2, 0) is 0 Å². The van der Waals surface area contributed by atoms with Crippen LogP contribution in [0.5, 0.6) is 0 Å². The molecule has 2 aromatic rings. The number of hydrogen-bond acceptors (Lipinski definition) is 3. The molecule has 0 fully saturated rings. The molecule has 0 aliphatic carbocycles. The molecule has 2 rings (SSSR count). The maximum atomic E-state index is 11.9. The van der Waals surface area contributed by atoms with Gasteiger partial charge in [0, 0.05) is 5.56 Å². The van der Waals surface area contributed by atoms with Crippen molar-refractivity contribution >= 4 is 34.6 Å². The minimum Gasteiger partial charge on any atom is -0.397 e. The molecule has 0 saturated heterocycles. The van der Waals surface area contributed by atoms with E-state index in [0.717, 1.165) is 0 Å². The monoisotopic (exact) mass is 271 g/mol. The zero-order chi connectivity index (χ0) is 13.7. The summed E-state index contributed by atoms with van der Waals surface area (Å²) in [6.07, 6.45) is 0. The molecule has 0 spiro atoms. The lowest BCUT2D eigenvalue weighted by atomic mass is 10.2. The zero-order valence-corrected chi connectivity index (χ0v) is 10.9. The number of nitrogens with two attached hydrogens (primary N) is 1. The van der Waals surface area contributed by atoms with Crippen molar-refractivity contribution in [2.75, 3.05) is 11.1 Å². The number of carbonyl (C=O) groups excluding carboxylic acids is 1. The summed E-state index contributed by atoms with van der Waals surface area (Å²) in [6, 6.07) is 16.1. The van der Waals surface area contributed by atoms with Gasteiger partial charge in [-0.05, 0) is 36.5 Å². The van der Waals surface area contributed by atoms with E-state index in [1.54, 1.807) is 36.4 Å². The van der Waals surface area contributed by atoms with Gasteiger partial charge in [0.2, 0.25) is 0 Å². The third-order valence-electron chi connectivity index (χ3n) is 2.47. The van der Waals surface area contributed by atoms with Crippen molar-refractivity contribution in [3.8, 4) is 0 Å². The van der Waals surface area contributed by atoms with E-state index in [1.807, 2.05) is 18.2 Å². The second-order valence-corrected chi connectivity index (χ2v) is 4.27. The van der Waals surface area contributed by atoms with E-state index in [9.17, 15) is 4.79 Å². The Morgan fingerprint density at radius 1 is 1.00 bits per heavy atom. The molecular weight excluding hydrogens is 258 g/mol. The summed E-state index contributed by atoms with van der Waals surface area (Å²) in [5.41, 5.74) is 7.56.